The van der Waals surface area contributed by atoms with Gasteiger partial charge in [-0.25, -0.2) is 0 Å². The van der Waals surface area contributed by atoms with Crippen LogP contribution in [0.4, 0.5) is 0 Å². The summed E-state index contributed by atoms with van der Waals surface area (Å²) in [5.74, 6) is -0.647. The smallest absolute Gasteiger partial charge is 0.316 e. The number of ketones is 1. The summed E-state index contributed by atoms with van der Waals surface area (Å²) in [6.45, 7) is 3.92. The Morgan fingerprint density at radius 3 is 2.21 bits per heavy atom. The lowest BCUT2D eigenvalue weighted by atomic mass is 9.96. The van der Waals surface area contributed by atoms with E-state index in [0.29, 0.717) is 13.0 Å². The summed E-state index contributed by atoms with van der Waals surface area (Å²) in [6.07, 6.45) is 0.340. The van der Waals surface area contributed by atoms with Gasteiger partial charge in [0.1, 0.15) is 24.1 Å². The lowest BCUT2D eigenvalue weighted by Crippen LogP contribution is -2.26. The number of ether oxygens (including phenoxy) is 2. The van der Waals surface area contributed by atoms with E-state index in [1.807, 2.05) is 54.6 Å². The average molecular weight is 326 g/mol. The van der Waals surface area contributed by atoms with Gasteiger partial charge in [-0.15, -0.1) is 0 Å². The Morgan fingerprint density at radius 1 is 0.958 bits per heavy atom. The van der Waals surface area contributed by atoms with E-state index in [-0.39, 0.29) is 12.4 Å². The van der Waals surface area contributed by atoms with E-state index >= 15 is 0 Å². The maximum atomic E-state index is 11.8. The van der Waals surface area contributed by atoms with Crippen LogP contribution in [0.2, 0.25) is 0 Å². The molecule has 24 heavy (non-hydrogen) atoms. The molecule has 1 atom stereocenters. The van der Waals surface area contributed by atoms with E-state index in [1.54, 1.807) is 6.92 Å². The Bertz CT molecular complexity index is 662. The zero-order valence-corrected chi connectivity index (χ0v) is 14.0. The lowest BCUT2D eigenvalue weighted by Gasteiger charge is -2.13. The summed E-state index contributed by atoms with van der Waals surface area (Å²) in [4.78, 5) is 23.5. The Hall–Kier alpha value is -2.62. The fourth-order valence-corrected chi connectivity index (χ4v) is 2.33. The first-order valence-electron chi connectivity index (χ1n) is 8.03. The molecule has 0 radical (unpaired) electrons. The highest BCUT2D eigenvalue weighted by molar-refractivity contribution is 5.98. The molecule has 0 N–H and O–H groups in total. The van der Waals surface area contributed by atoms with Crippen molar-refractivity contribution in [1.29, 1.82) is 0 Å². The minimum absolute atomic E-state index is 0.183. The highest BCUT2D eigenvalue weighted by atomic mass is 16.5. The maximum absolute atomic E-state index is 11.8. The fraction of sp³-hybridized carbons (Fsp3) is 0.300. The van der Waals surface area contributed by atoms with Crippen molar-refractivity contribution in [1.82, 2.24) is 0 Å². The number of hydrogen-bond donors (Lipinski definition) is 0. The Kier molecular flexibility index (Phi) is 6.55. The van der Waals surface area contributed by atoms with Gasteiger partial charge in [-0.1, -0.05) is 42.5 Å². The Morgan fingerprint density at radius 2 is 1.62 bits per heavy atom. The predicted octanol–water partition coefficient (Wildman–Crippen LogP) is 3.58. The van der Waals surface area contributed by atoms with Crippen LogP contribution >= 0.6 is 0 Å². The molecule has 0 aromatic heterocycles. The molecule has 0 bridgehead atoms. The molecule has 2 aromatic rings. The van der Waals surface area contributed by atoms with Gasteiger partial charge < -0.3 is 9.47 Å². The van der Waals surface area contributed by atoms with E-state index in [1.165, 1.54) is 6.92 Å². The number of carbonyl (C=O) groups is 2. The van der Waals surface area contributed by atoms with Crippen LogP contribution in [-0.2, 0) is 27.4 Å². The largest absolute Gasteiger partial charge is 0.489 e. The molecular formula is C20H22O4. The van der Waals surface area contributed by atoms with Crippen molar-refractivity contribution in [3.05, 3.63) is 65.7 Å². The number of carbonyl (C=O) groups excluding carboxylic acids is 2. The van der Waals surface area contributed by atoms with Gasteiger partial charge >= 0.3 is 5.97 Å². The first kappa shape index (κ1) is 17.7. The molecule has 1 unspecified atom stereocenters. The molecule has 0 heterocycles. The van der Waals surface area contributed by atoms with Gasteiger partial charge in [0.05, 0.1) is 6.61 Å². The summed E-state index contributed by atoms with van der Waals surface area (Å²) in [5, 5.41) is 0. The van der Waals surface area contributed by atoms with E-state index in [4.69, 9.17) is 9.47 Å². The molecule has 0 aliphatic rings. The summed E-state index contributed by atoms with van der Waals surface area (Å²) < 4.78 is 10.7. The third-order valence-corrected chi connectivity index (χ3v) is 3.67. The summed E-state index contributed by atoms with van der Waals surface area (Å²) in [7, 11) is 0. The third-order valence-electron chi connectivity index (χ3n) is 3.67. The van der Waals surface area contributed by atoms with E-state index in [2.05, 4.69) is 0 Å². The van der Waals surface area contributed by atoms with E-state index in [0.717, 1.165) is 16.9 Å². The second kappa shape index (κ2) is 8.87. The van der Waals surface area contributed by atoms with Crippen LogP contribution in [0, 0.1) is 5.92 Å². The lowest BCUT2D eigenvalue weighted by molar-refractivity contribution is -0.151. The van der Waals surface area contributed by atoms with Crippen molar-refractivity contribution in [2.24, 2.45) is 5.92 Å². The normalized spacial score (nSPS) is 11.6. The number of hydrogen-bond acceptors (Lipinski definition) is 4. The number of Topliss-reactive ketones (excluding diaryl/α,β-unsaturated/α-hetero) is 1. The van der Waals surface area contributed by atoms with Crippen LogP contribution < -0.4 is 4.74 Å². The molecule has 4 nitrogen and oxygen atoms in total. The van der Waals surface area contributed by atoms with E-state index < -0.39 is 11.9 Å². The molecule has 0 spiro atoms. The highest BCUT2D eigenvalue weighted by Crippen LogP contribution is 2.18. The van der Waals surface area contributed by atoms with Crippen LogP contribution in [0.1, 0.15) is 25.0 Å². The van der Waals surface area contributed by atoms with Crippen molar-refractivity contribution in [2.45, 2.75) is 26.9 Å². The number of esters is 1. The monoisotopic (exact) mass is 326 g/mol. The van der Waals surface area contributed by atoms with Crippen molar-refractivity contribution in [3.63, 3.8) is 0 Å². The summed E-state index contributed by atoms with van der Waals surface area (Å²) in [6, 6.07) is 17.4. The molecular weight excluding hydrogens is 304 g/mol. The van der Waals surface area contributed by atoms with Gasteiger partial charge in [-0.2, -0.15) is 0 Å². The fourth-order valence-electron chi connectivity index (χ4n) is 2.33. The Balaban J connectivity index is 1.95. The molecule has 0 aliphatic heterocycles. The topological polar surface area (TPSA) is 52.6 Å². The van der Waals surface area contributed by atoms with Crippen molar-refractivity contribution in [3.8, 4) is 5.75 Å². The minimum Gasteiger partial charge on any atom is -0.489 e. The van der Waals surface area contributed by atoms with Crippen LogP contribution in [0.5, 0.6) is 5.75 Å². The molecule has 0 fully saturated rings. The van der Waals surface area contributed by atoms with Gasteiger partial charge in [-0.3, -0.25) is 9.59 Å². The number of rotatable bonds is 8. The minimum atomic E-state index is -0.749. The zero-order valence-electron chi connectivity index (χ0n) is 14.0. The standard InChI is InChI=1S/C20H22O4/c1-3-23-20(22)19(15(2)21)13-16-9-11-18(12-10-16)24-14-17-7-5-4-6-8-17/h4-12,19H,3,13-14H2,1-2H3. The SMILES string of the molecule is CCOC(=O)C(Cc1ccc(OCc2ccccc2)cc1)C(C)=O. The van der Waals surface area contributed by atoms with Crippen LogP contribution in [0.15, 0.2) is 54.6 Å². The molecule has 126 valence electrons. The molecule has 4 heteroatoms. The Labute approximate surface area is 142 Å². The summed E-state index contributed by atoms with van der Waals surface area (Å²) in [5.41, 5.74) is 2.00. The predicted molar refractivity (Wildman–Crippen MR) is 91.7 cm³/mol. The molecule has 0 saturated carbocycles. The van der Waals surface area contributed by atoms with Gasteiger partial charge in [0, 0.05) is 0 Å². The molecule has 0 saturated heterocycles. The second-order valence-corrected chi connectivity index (χ2v) is 5.54. The highest BCUT2D eigenvalue weighted by Gasteiger charge is 2.24. The van der Waals surface area contributed by atoms with Gasteiger partial charge in [0.2, 0.25) is 0 Å². The van der Waals surface area contributed by atoms with Gasteiger partial charge in [-0.05, 0) is 43.5 Å². The molecule has 2 aromatic carbocycles. The van der Waals surface area contributed by atoms with Crippen LogP contribution in [0.3, 0.4) is 0 Å². The zero-order chi connectivity index (χ0) is 17.4. The van der Waals surface area contributed by atoms with Crippen molar-refractivity contribution < 1.29 is 19.1 Å². The summed E-state index contributed by atoms with van der Waals surface area (Å²) >= 11 is 0. The molecule has 2 rings (SSSR count). The van der Waals surface area contributed by atoms with E-state index in [9.17, 15) is 9.59 Å². The molecule has 0 aliphatic carbocycles. The van der Waals surface area contributed by atoms with Crippen molar-refractivity contribution in [2.75, 3.05) is 6.61 Å². The quantitative estimate of drug-likeness (QED) is 0.550. The van der Waals surface area contributed by atoms with Gasteiger partial charge in [0.15, 0.2) is 0 Å². The first-order valence-corrected chi connectivity index (χ1v) is 8.03. The third kappa shape index (κ3) is 5.23. The van der Waals surface area contributed by atoms with Crippen molar-refractivity contribution >= 4 is 11.8 Å². The van der Waals surface area contributed by atoms with Crippen LogP contribution in [0.25, 0.3) is 0 Å². The van der Waals surface area contributed by atoms with Crippen LogP contribution in [-0.4, -0.2) is 18.4 Å². The second-order valence-electron chi connectivity index (χ2n) is 5.54. The first-order chi connectivity index (χ1) is 11.6. The molecule has 0 amide bonds. The van der Waals surface area contributed by atoms with Gasteiger partial charge in [0.25, 0.3) is 0 Å². The number of benzene rings is 2. The maximum Gasteiger partial charge on any atom is 0.316 e. The average Bonchev–Trinajstić information content (AvgIpc) is 2.59.